The first-order valence-corrected chi connectivity index (χ1v) is 4.64. The number of anilines is 1. The molecule has 2 N–H and O–H groups in total. The van der Waals surface area contributed by atoms with Gasteiger partial charge in [-0.05, 0) is 30.3 Å². The van der Waals surface area contributed by atoms with Crippen LogP contribution in [0.2, 0.25) is 0 Å². The third-order valence-electron chi connectivity index (χ3n) is 2.50. The predicted molar refractivity (Wildman–Crippen MR) is 58.1 cm³/mol. The van der Waals surface area contributed by atoms with Crippen molar-refractivity contribution in [2.45, 2.75) is 0 Å². The van der Waals surface area contributed by atoms with E-state index in [1.165, 1.54) is 0 Å². The van der Waals surface area contributed by atoms with Crippen LogP contribution in [0.5, 0.6) is 0 Å². The lowest BCUT2D eigenvalue weighted by molar-refractivity contribution is 0.389. The van der Waals surface area contributed by atoms with Gasteiger partial charge in [0, 0.05) is 17.8 Å². The zero-order chi connectivity index (χ0) is 10.3. The molecule has 0 atom stereocenters. The lowest BCUT2D eigenvalue weighted by atomic mass is 10.2. The number of pyridine rings is 1. The molecule has 0 fully saturated rings. The van der Waals surface area contributed by atoms with Crippen molar-refractivity contribution in [3.63, 3.8) is 0 Å². The lowest BCUT2D eigenvalue weighted by Crippen LogP contribution is -1.91. The van der Waals surface area contributed by atoms with Gasteiger partial charge in [0.05, 0.1) is 11.2 Å². The minimum atomic E-state index is 0.682. The summed E-state index contributed by atoms with van der Waals surface area (Å²) in [6, 6.07) is 9.58. The Balaban J connectivity index is 2.44. The fourth-order valence-corrected chi connectivity index (χ4v) is 1.78. The van der Waals surface area contributed by atoms with Crippen LogP contribution in [0.3, 0.4) is 0 Å². The zero-order valence-electron chi connectivity index (χ0n) is 7.88. The summed E-state index contributed by atoms with van der Waals surface area (Å²) in [5.41, 5.74) is 4.81. The number of benzene rings is 1. The molecule has 0 radical (unpaired) electrons. The van der Waals surface area contributed by atoms with Crippen molar-refractivity contribution >= 4 is 22.2 Å². The maximum absolute atomic E-state index is 8.80. The Morgan fingerprint density at radius 2 is 2.13 bits per heavy atom. The minimum absolute atomic E-state index is 0.682. The Morgan fingerprint density at radius 1 is 1.20 bits per heavy atom. The van der Waals surface area contributed by atoms with Crippen molar-refractivity contribution in [1.29, 1.82) is 0 Å². The standard InChI is InChI=1S/C11H9N3O/c15-13-9-2-3-10-8(7-9)1-4-11-12-5-6-14(10)11/h1-7,13,15H. The molecule has 0 bridgehead atoms. The maximum Gasteiger partial charge on any atom is 0.137 e. The molecular weight excluding hydrogens is 190 g/mol. The van der Waals surface area contributed by atoms with E-state index in [2.05, 4.69) is 10.5 Å². The normalized spacial score (nSPS) is 11.0. The number of aromatic nitrogens is 2. The van der Waals surface area contributed by atoms with Gasteiger partial charge in [0.25, 0.3) is 0 Å². The van der Waals surface area contributed by atoms with Crippen LogP contribution in [-0.4, -0.2) is 14.6 Å². The highest BCUT2D eigenvalue weighted by atomic mass is 16.5. The van der Waals surface area contributed by atoms with Crippen LogP contribution in [0, 0.1) is 0 Å². The van der Waals surface area contributed by atoms with Crippen molar-refractivity contribution < 1.29 is 5.21 Å². The Morgan fingerprint density at radius 3 is 3.00 bits per heavy atom. The van der Waals surface area contributed by atoms with E-state index in [-0.39, 0.29) is 0 Å². The van der Waals surface area contributed by atoms with Gasteiger partial charge in [-0.25, -0.2) is 4.98 Å². The summed E-state index contributed by atoms with van der Waals surface area (Å²) in [6.07, 6.45) is 3.69. The van der Waals surface area contributed by atoms with Crippen molar-refractivity contribution in [3.05, 3.63) is 42.7 Å². The molecule has 0 saturated heterocycles. The molecule has 0 aliphatic heterocycles. The van der Waals surface area contributed by atoms with Crippen molar-refractivity contribution in [2.24, 2.45) is 0 Å². The number of rotatable bonds is 1. The molecule has 15 heavy (non-hydrogen) atoms. The average molecular weight is 199 g/mol. The molecular formula is C11H9N3O. The number of hydrogen-bond acceptors (Lipinski definition) is 3. The smallest absolute Gasteiger partial charge is 0.137 e. The van der Waals surface area contributed by atoms with E-state index in [1.807, 2.05) is 40.9 Å². The van der Waals surface area contributed by atoms with Crippen LogP contribution < -0.4 is 5.48 Å². The summed E-state index contributed by atoms with van der Waals surface area (Å²) in [5, 5.41) is 9.86. The van der Waals surface area contributed by atoms with E-state index in [1.54, 1.807) is 6.20 Å². The summed E-state index contributed by atoms with van der Waals surface area (Å²) in [6.45, 7) is 0. The van der Waals surface area contributed by atoms with Crippen LogP contribution >= 0.6 is 0 Å². The molecule has 0 aliphatic rings. The fourth-order valence-electron chi connectivity index (χ4n) is 1.78. The third kappa shape index (κ3) is 1.15. The number of fused-ring (bicyclic) bond motifs is 3. The van der Waals surface area contributed by atoms with Gasteiger partial charge in [-0.3, -0.25) is 15.1 Å². The van der Waals surface area contributed by atoms with Gasteiger partial charge < -0.3 is 0 Å². The van der Waals surface area contributed by atoms with Crippen LogP contribution in [0.15, 0.2) is 42.7 Å². The SMILES string of the molecule is ONc1ccc2c(ccc3nccn32)c1. The molecule has 4 nitrogen and oxygen atoms in total. The van der Waals surface area contributed by atoms with Gasteiger partial charge in [0.2, 0.25) is 0 Å². The molecule has 3 aromatic rings. The van der Waals surface area contributed by atoms with Crippen LogP contribution in [0.4, 0.5) is 5.69 Å². The van der Waals surface area contributed by atoms with Crippen molar-refractivity contribution in [1.82, 2.24) is 9.38 Å². The second kappa shape index (κ2) is 2.96. The summed E-state index contributed by atoms with van der Waals surface area (Å²) in [4.78, 5) is 4.21. The Kier molecular flexibility index (Phi) is 1.63. The molecule has 2 heterocycles. The highest BCUT2D eigenvalue weighted by molar-refractivity contribution is 5.85. The van der Waals surface area contributed by atoms with Gasteiger partial charge in [-0.2, -0.15) is 0 Å². The predicted octanol–water partition coefficient (Wildman–Crippen LogP) is 2.29. The minimum Gasteiger partial charge on any atom is -0.300 e. The molecule has 0 aliphatic carbocycles. The first-order chi connectivity index (χ1) is 7.38. The molecule has 0 saturated carbocycles. The molecule has 0 spiro atoms. The number of nitrogens with zero attached hydrogens (tertiary/aromatic N) is 2. The van der Waals surface area contributed by atoms with E-state index in [0.717, 1.165) is 16.6 Å². The monoisotopic (exact) mass is 199 g/mol. The number of nitrogens with one attached hydrogen (secondary N) is 1. The van der Waals surface area contributed by atoms with E-state index in [4.69, 9.17) is 5.21 Å². The summed E-state index contributed by atoms with van der Waals surface area (Å²) >= 11 is 0. The zero-order valence-corrected chi connectivity index (χ0v) is 7.88. The van der Waals surface area contributed by atoms with E-state index in [9.17, 15) is 0 Å². The van der Waals surface area contributed by atoms with Gasteiger partial charge in [0.15, 0.2) is 0 Å². The number of hydrogen-bond donors (Lipinski definition) is 2. The van der Waals surface area contributed by atoms with Crippen molar-refractivity contribution in [2.75, 3.05) is 5.48 Å². The molecule has 0 amide bonds. The Bertz CT molecular complexity index is 630. The summed E-state index contributed by atoms with van der Waals surface area (Å²) in [5.74, 6) is 0. The third-order valence-corrected chi connectivity index (χ3v) is 2.50. The topological polar surface area (TPSA) is 49.6 Å². The average Bonchev–Trinajstić information content (AvgIpc) is 2.76. The number of imidazole rings is 1. The highest BCUT2D eigenvalue weighted by Crippen LogP contribution is 2.20. The molecule has 4 heteroatoms. The lowest BCUT2D eigenvalue weighted by Gasteiger charge is -2.04. The van der Waals surface area contributed by atoms with Gasteiger partial charge in [0.1, 0.15) is 5.65 Å². The molecule has 74 valence electrons. The molecule has 3 rings (SSSR count). The first kappa shape index (κ1) is 8.26. The summed E-state index contributed by atoms with van der Waals surface area (Å²) < 4.78 is 2.01. The van der Waals surface area contributed by atoms with E-state index in [0.29, 0.717) is 5.69 Å². The largest absolute Gasteiger partial charge is 0.300 e. The van der Waals surface area contributed by atoms with Gasteiger partial charge in [-0.15, -0.1) is 0 Å². The second-order valence-corrected chi connectivity index (χ2v) is 3.37. The quantitative estimate of drug-likeness (QED) is 0.591. The van der Waals surface area contributed by atoms with Gasteiger partial charge >= 0.3 is 0 Å². The first-order valence-electron chi connectivity index (χ1n) is 4.64. The second-order valence-electron chi connectivity index (χ2n) is 3.37. The maximum atomic E-state index is 8.80. The van der Waals surface area contributed by atoms with Crippen molar-refractivity contribution in [3.8, 4) is 0 Å². The molecule has 1 aromatic carbocycles. The highest BCUT2D eigenvalue weighted by Gasteiger charge is 2.00. The van der Waals surface area contributed by atoms with Gasteiger partial charge in [-0.1, -0.05) is 0 Å². The van der Waals surface area contributed by atoms with Crippen LogP contribution in [0.1, 0.15) is 0 Å². The molecule has 0 unspecified atom stereocenters. The molecule has 2 aromatic heterocycles. The van der Waals surface area contributed by atoms with Crippen LogP contribution in [-0.2, 0) is 0 Å². The summed E-state index contributed by atoms with van der Waals surface area (Å²) in [7, 11) is 0. The van der Waals surface area contributed by atoms with Crippen LogP contribution in [0.25, 0.3) is 16.6 Å². The van der Waals surface area contributed by atoms with E-state index >= 15 is 0 Å². The fraction of sp³-hybridized carbons (Fsp3) is 0. The Hall–Kier alpha value is -2.07. The van der Waals surface area contributed by atoms with E-state index < -0.39 is 0 Å². The Labute approximate surface area is 85.7 Å².